The van der Waals surface area contributed by atoms with Crippen molar-refractivity contribution in [3.8, 4) is 11.1 Å². The summed E-state index contributed by atoms with van der Waals surface area (Å²) < 4.78 is 43.1. The minimum Gasteiger partial charge on any atom is -0.460 e. The van der Waals surface area contributed by atoms with Crippen molar-refractivity contribution in [2.75, 3.05) is 31.1 Å². The van der Waals surface area contributed by atoms with E-state index in [1.807, 2.05) is 55.7 Å². The van der Waals surface area contributed by atoms with Gasteiger partial charge in [-0.05, 0) is 115 Å². The third-order valence-corrected chi connectivity index (χ3v) is 13.9. The molecule has 0 saturated heterocycles. The summed E-state index contributed by atoms with van der Waals surface area (Å²) in [6.07, 6.45) is 5.79. The number of esters is 2. The molecular weight excluding hydrogens is 1080 g/mol. The van der Waals surface area contributed by atoms with Crippen LogP contribution in [-0.4, -0.2) is 128 Å². The Balaban J connectivity index is 1.51. The first-order chi connectivity index (χ1) is 38.3. The predicted octanol–water partition coefficient (Wildman–Crippen LogP) is 8.11. The highest BCUT2D eigenvalue weighted by atomic mass is 32.2. The zero-order valence-corrected chi connectivity index (χ0v) is 50.5. The summed E-state index contributed by atoms with van der Waals surface area (Å²) in [7, 11) is 0. The quantitative estimate of drug-likeness (QED) is 0.0282. The zero-order valence-electron chi connectivity index (χ0n) is 49.7. The number of nitrogens with one attached hydrogen (secondary N) is 4. The Morgan fingerprint density at radius 3 is 1.99 bits per heavy atom. The molecular formula is C61H85F2N7O11S. The first-order valence-corrected chi connectivity index (χ1v) is 29.2. The molecule has 0 bridgehead atoms. The number of hydrogen-bond donors (Lipinski definition) is 4. The fourth-order valence-corrected chi connectivity index (χ4v) is 9.92. The summed E-state index contributed by atoms with van der Waals surface area (Å²) in [5.74, 6) is -5.74. The molecule has 4 N–H and O–H groups in total. The number of carbonyl (C=O) groups excluding carboxylic acids is 9. The third-order valence-electron chi connectivity index (χ3n) is 13.0. The molecule has 450 valence electrons. The van der Waals surface area contributed by atoms with Crippen molar-refractivity contribution in [1.82, 2.24) is 35.6 Å². The van der Waals surface area contributed by atoms with Gasteiger partial charge in [-0.25, -0.2) is 13.6 Å². The van der Waals surface area contributed by atoms with Crippen molar-refractivity contribution in [2.24, 2.45) is 11.3 Å². The molecule has 0 spiro atoms. The van der Waals surface area contributed by atoms with Crippen LogP contribution in [-0.2, 0) is 59.2 Å². The first-order valence-electron chi connectivity index (χ1n) is 28.0. The first kappa shape index (κ1) is 67.6. The zero-order chi connectivity index (χ0) is 61.1. The number of rotatable bonds is 30. The number of amides is 7. The lowest BCUT2D eigenvalue weighted by atomic mass is 9.83. The fourth-order valence-electron chi connectivity index (χ4n) is 9.11. The van der Waals surface area contributed by atoms with E-state index in [2.05, 4.69) is 21.3 Å². The van der Waals surface area contributed by atoms with Crippen molar-refractivity contribution in [3.63, 3.8) is 0 Å². The van der Waals surface area contributed by atoms with Gasteiger partial charge in [0.25, 0.3) is 11.8 Å². The Bertz CT molecular complexity index is 2730. The van der Waals surface area contributed by atoms with Crippen LogP contribution >= 0.6 is 11.8 Å². The molecule has 82 heavy (non-hydrogen) atoms. The summed E-state index contributed by atoms with van der Waals surface area (Å²) >= 11 is 1.19. The number of carbonyl (C=O) groups is 9. The van der Waals surface area contributed by atoms with Crippen molar-refractivity contribution in [1.29, 1.82) is 0 Å². The van der Waals surface area contributed by atoms with Crippen molar-refractivity contribution < 1.29 is 61.4 Å². The van der Waals surface area contributed by atoms with Gasteiger partial charge in [0.15, 0.2) is 0 Å². The van der Waals surface area contributed by atoms with Gasteiger partial charge in [0, 0.05) is 86.4 Å². The molecule has 1 aliphatic rings. The minimum absolute atomic E-state index is 0.0371. The molecule has 0 saturated carbocycles. The number of thioether (sulfide) groups is 1. The van der Waals surface area contributed by atoms with Gasteiger partial charge in [0.2, 0.25) is 29.5 Å². The highest BCUT2D eigenvalue weighted by Gasteiger charge is 2.38. The molecule has 0 fully saturated rings. The average molecular weight is 1160 g/mol. The molecule has 3 aromatic rings. The Labute approximate surface area is 486 Å². The van der Waals surface area contributed by atoms with E-state index < -0.39 is 82.1 Å². The molecule has 2 aromatic carbocycles. The van der Waals surface area contributed by atoms with Crippen molar-refractivity contribution in [3.05, 3.63) is 95.8 Å². The van der Waals surface area contributed by atoms with Gasteiger partial charge < -0.3 is 40.2 Å². The summed E-state index contributed by atoms with van der Waals surface area (Å²) in [6, 6.07) is 10.7. The summed E-state index contributed by atoms with van der Waals surface area (Å²) in [5, 5.41) is 11.0. The van der Waals surface area contributed by atoms with Crippen LogP contribution in [0.2, 0.25) is 0 Å². The molecule has 4 rings (SSSR count). The van der Waals surface area contributed by atoms with Gasteiger partial charge >= 0.3 is 11.9 Å². The van der Waals surface area contributed by atoms with E-state index in [4.69, 9.17) is 9.47 Å². The maximum Gasteiger partial charge on any atom is 0.329 e. The lowest BCUT2D eigenvalue weighted by molar-refractivity contribution is -0.160. The molecule has 1 aliphatic heterocycles. The van der Waals surface area contributed by atoms with Crippen LogP contribution < -0.4 is 21.3 Å². The second-order valence-electron chi connectivity index (χ2n) is 24.0. The van der Waals surface area contributed by atoms with Crippen LogP contribution in [0.1, 0.15) is 152 Å². The van der Waals surface area contributed by atoms with Crippen LogP contribution in [0.25, 0.3) is 11.1 Å². The highest BCUT2D eigenvalue weighted by molar-refractivity contribution is 7.99. The van der Waals surface area contributed by atoms with E-state index in [1.165, 1.54) is 30.8 Å². The van der Waals surface area contributed by atoms with Crippen LogP contribution in [0.4, 0.5) is 8.78 Å². The number of hydrogen-bond acceptors (Lipinski definition) is 12. The van der Waals surface area contributed by atoms with Crippen LogP contribution in [0.3, 0.4) is 0 Å². The largest absolute Gasteiger partial charge is 0.460 e. The minimum atomic E-state index is -1.14. The number of halogens is 2. The lowest BCUT2D eigenvalue weighted by Crippen LogP contribution is -2.54. The van der Waals surface area contributed by atoms with Gasteiger partial charge in [-0.2, -0.15) is 11.8 Å². The second-order valence-corrected chi connectivity index (χ2v) is 25.1. The molecule has 0 radical (unpaired) electrons. The molecule has 4 atom stereocenters. The molecule has 0 unspecified atom stereocenters. The molecule has 7 amide bonds. The van der Waals surface area contributed by atoms with E-state index in [1.54, 1.807) is 72.6 Å². The van der Waals surface area contributed by atoms with Gasteiger partial charge in [0.1, 0.15) is 41.0 Å². The number of benzene rings is 2. The number of aromatic nitrogens is 1. The second kappa shape index (κ2) is 31.0. The fraction of sp³-hybridized carbons (Fsp3) is 0.557. The topological polar surface area (TPSA) is 232 Å². The van der Waals surface area contributed by atoms with Crippen LogP contribution in [0.15, 0.2) is 72.9 Å². The Morgan fingerprint density at radius 2 is 1.37 bits per heavy atom. The third kappa shape index (κ3) is 22.5. The molecule has 2 heterocycles. The SMILES string of the molecule is CC(C)[C@H](NC(=O)CCCCCN1C(=O)C=CC1=O)C(=O)N[C@@H](C)C(=O)NCCCN(C(=O)CSCCC(=O)N[C@@H](CCC(=O)OC(C)(C)C)C(=O)OC(C)(C)C)[C@@H](c1cc(-c2cc(F)ccc2F)cn1Cc1ccccc1)C(C)(C)C. The molecule has 21 heteroatoms. The van der Waals surface area contributed by atoms with Gasteiger partial charge in [-0.1, -0.05) is 71.4 Å². The van der Waals surface area contributed by atoms with Gasteiger partial charge in [-0.15, -0.1) is 0 Å². The number of imide groups is 1. The molecule has 18 nitrogen and oxygen atoms in total. The monoisotopic (exact) mass is 1160 g/mol. The standard InChI is InChI=1S/C61H85F2N7O11S/c1-39(2)54(67-48(71)22-17-14-18-31-69-50(73)26-27-51(69)74)57(78)65-40(3)56(77)64-30-19-32-70(52(75)38-82-33-29-49(72)66-46(58(79)81-61(10,11)12)25-28-53(76)80-60(7,8)9)55(59(4,5)6)47-34-42(44-35-43(62)23-24-45(44)63)37-68(47)36-41-20-15-13-16-21-41/h13,15-16,20-21,23-24,26-27,34-35,37,39-40,46,54-55H,14,17-19,22,25,28-33,36,38H2,1-12H3,(H,64,77)(H,65,78)(H,66,72)(H,67,71)/t40-,46-,54-,55-/m0/s1. The maximum atomic E-state index is 15.5. The van der Waals surface area contributed by atoms with Crippen LogP contribution in [0, 0.1) is 23.0 Å². The van der Waals surface area contributed by atoms with E-state index in [-0.39, 0.29) is 98.4 Å². The van der Waals surface area contributed by atoms with Crippen molar-refractivity contribution >= 4 is 65.1 Å². The Morgan fingerprint density at radius 1 is 0.720 bits per heavy atom. The molecule has 1 aromatic heterocycles. The molecule has 0 aliphatic carbocycles. The summed E-state index contributed by atoms with van der Waals surface area (Å²) in [5.41, 5.74) is -0.345. The average Bonchev–Trinajstić information content (AvgIpc) is 4.17. The lowest BCUT2D eigenvalue weighted by Gasteiger charge is -2.41. The number of nitrogens with zero attached hydrogens (tertiary/aromatic N) is 3. The highest BCUT2D eigenvalue weighted by Crippen LogP contribution is 2.41. The van der Waals surface area contributed by atoms with E-state index in [0.717, 1.165) is 28.7 Å². The summed E-state index contributed by atoms with van der Waals surface area (Å²) in [6.45, 7) is 21.9. The number of ether oxygens (including phenoxy) is 2. The maximum absolute atomic E-state index is 15.5. The predicted molar refractivity (Wildman–Crippen MR) is 310 cm³/mol. The van der Waals surface area contributed by atoms with Gasteiger partial charge in [0.05, 0.1) is 11.8 Å². The Hall–Kier alpha value is -6.90. The Kier molecular flexibility index (Phi) is 25.5. The van der Waals surface area contributed by atoms with Crippen LogP contribution in [0.5, 0.6) is 0 Å². The van der Waals surface area contributed by atoms with E-state index in [0.29, 0.717) is 37.1 Å². The van der Waals surface area contributed by atoms with E-state index >= 15 is 4.39 Å². The smallest absolute Gasteiger partial charge is 0.329 e. The normalized spacial score (nSPS) is 14.2. The van der Waals surface area contributed by atoms with E-state index in [9.17, 15) is 47.5 Å². The van der Waals surface area contributed by atoms with Gasteiger partial charge in [-0.3, -0.25) is 43.3 Å². The van der Waals surface area contributed by atoms with Crippen molar-refractivity contribution in [2.45, 2.75) is 176 Å². The summed E-state index contributed by atoms with van der Waals surface area (Å²) in [4.78, 5) is 121. The number of unbranched alkanes of at least 4 members (excludes halogenated alkanes) is 2.